The lowest BCUT2D eigenvalue weighted by Crippen LogP contribution is -2.07. The molecule has 1 aliphatic rings. The third kappa shape index (κ3) is 1.28. The second-order valence-electron chi connectivity index (χ2n) is 4.78. The maximum atomic E-state index is 11.1. The third-order valence-electron chi connectivity index (χ3n) is 3.69. The van der Waals surface area contributed by atoms with Gasteiger partial charge in [0, 0.05) is 0 Å². The molecule has 0 bridgehead atoms. The predicted molar refractivity (Wildman–Crippen MR) is 65.7 cm³/mol. The summed E-state index contributed by atoms with van der Waals surface area (Å²) in [6, 6.07) is 12.7. The maximum Gasteiger partial charge on any atom is 0.130 e. The summed E-state index contributed by atoms with van der Waals surface area (Å²) >= 11 is 0. The van der Waals surface area contributed by atoms with Crippen LogP contribution in [-0.4, -0.2) is 6.29 Å². The number of aldehydes is 1. The quantitative estimate of drug-likeness (QED) is 0.694. The Morgan fingerprint density at radius 2 is 2.00 bits per heavy atom. The van der Waals surface area contributed by atoms with E-state index in [0.717, 1.165) is 19.1 Å². The Balaban J connectivity index is 2.20. The van der Waals surface area contributed by atoms with Gasteiger partial charge in [0.15, 0.2) is 0 Å². The first-order valence-corrected chi connectivity index (χ1v) is 5.71. The molecule has 0 heterocycles. The van der Waals surface area contributed by atoms with Gasteiger partial charge in [-0.05, 0) is 41.7 Å². The second-order valence-corrected chi connectivity index (χ2v) is 4.78. The average molecular weight is 210 g/mol. The summed E-state index contributed by atoms with van der Waals surface area (Å²) in [6.07, 6.45) is 3.13. The lowest BCUT2D eigenvalue weighted by atomic mass is 9.94. The van der Waals surface area contributed by atoms with Crippen LogP contribution in [0.25, 0.3) is 10.8 Å². The van der Waals surface area contributed by atoms with Gasteiger partial charge in [-0.1, -0.05) is 36.4 Å². The molecular formula is C15H14O. The molecule has 0 unspecified atom stereocenters. The number of fused-ring (bicyclic) bond motifs is 1. The molecule has 1 nitrogen and oxygen atoms in total. The van der Waals surface area contributed by atoms with Crippen LogP contribution in [-0.2, 0) is 10.2 Å². The van der Waals surface area contributed by atoms with Crippen LogP contribution < -0.4 is 0 Å². The average Bonchev–Trinajstić information content (AvgIpc) is 3.10. The molecule has 0 N–H and O–H groups in total. The number of aryl methyl sites for hydroxylation is 1. The summed E-state index contributed by atoms with van der Waals surface area (Å²) in [5.74, 6) is 0. The molecular weight excluding hydrogens is 196 g/mol. The van der Waals surface area contributed by atoms with E-state index in [9.17, 15) is 4.79 Å². The lowest BCUT2D eigenvalue weighted by molar-refractivity contribution is -0.109. The number of carbonyl (C=O) groups is 1. The molecule has 1 aliphatic carbocycles. The molecule has 0 saturated heterocycles. The van der Waals surface area contributed by atoms with Crippen molar-refractivity contribution in [3.05, 3.63) is 47.5 Å². The van der Waals surface area contributed by atoms with Gasteiger partial charge in [0.05, 0.1) is 5.41 Å². The molecule has 0 amide bonds. The van der Waals surface area contributed by atoms with Crippen LogP contribution in [0.2, 0.25) is 0 Å². The van der Waals surface area contributed by atoms with E-state index in [2.05, 4.69) is 43.3 Å². The Kier molecular flexibility index (Phi) is 1.90. The topological polar surface area (TPSA) is 17.1 Å². The summed E-state index contributed by atoms with van der Waals surface area (Å²) in [5.41, 5.74) is 2.32. The molecule has 3 rings (SSSR count). The van der Waals surface area contributed by atoms with Gasteiger partial charge in [-0.25, -0.2) is 0 Å². The van der Waals surface area contributed by atoms with Gasteiger partial charge in [0.1, 0.15) is 6.29 Å². The molecule has 16 heavy (non-hydrogen) atoms. The Morgan fingerprint density at radius 3 is 2.69 bits per heavy atom. The van der Waals surface area contributed by atoms with Gasteiger partial charge in [-0.2, -0.15) is 0 Å². The molecule has 1 saturated carbocycles. The highest BCUT2D eigenvalue weighted by molar-refractivity contribution is 5.88. The van der Waals surface area contributed by atoms with E-state index in [4.69, 9.17) is 0 Å². The standard InChI is InChI=1S/C15H14O/c1-11-3-2-4-12-9-13(5-6-14(11)12)15(10-16)7-8-15/h2-6,9-10H,7-8H2,1H3. The van der Waals surface area contributed by atoms with Crippen molar-refractivity contribution in [3.63, 3.8) is 0 Å². The monoisotopic (exact) mass is 210 g/mol. The Morgan fingerprint density at radius 1 is 1.19 bits per heavy atom. The van der Waals surface area contributed by atoms with Crippen molar-refractivity contribution in [1.82, 2.24) is 0 Å². The Hall–Kier alpha value is -1.63. The van der Waals surface area contributed by atoms with E-state index in [1.807, 2.05) is 0 Å². The highest BCUT2D eigenvalue weighted by Crippen LogP contribution is 2.46. The maximum absolute atomic E-state index is 11.1. The molecule has 1 heteroatoms. The second kappa shape index (κ2) is 3.18. The first-order valence-electron chi connectivity index (χ1n) is 5.71. The molecule has 0 radical (unpaired) electrons. The molecule has 2 aromatic carbocycles. The van der Waals surface area contributed by atoms with E-state index in [-0.39, 0.29) is 5.41 Å². The number of benzene rings is 2. The first kappa shape index (κ1) is 9.59. The highest BCUT2D eigenvalue weighted by Gasteiger charge is 2.44. The van der Waals surface area contributed by atoms with Crippen LogP contribution >= 0.6 is 0 Å². The SMILES string of the molecule is Cc1cccc2cc(C3(C=O)CC3)ccc12. The van der Waals surface area contributed by atoms with Crippen LogP contribution in [0.4, 0.5) is 0 Å². The van der Waals surface area contributed by atoms with Crippen LogP contribution in [0.5, 0.6) is 0 Å². The molecule has 80 valence electrons. The normalized spacial score (nSPS) is 17.3. The fourth-order valence-corrected chi connectivity index (χ4v) is 2.36. The summed E-state index contributed by atoms with van der Waals surface area (Å²) in [4.78, 5) is 11.1. The zero-order chi connectivity index (χ0) is 11.2. The Labute approximate surface area is 95.1 Å². The molecule has 0 spiro atoms. The highest BCUT2D eigenvalue weighted by atomic mass is 16.1. The third-order valence-corrected chi connectivity index (χ3v) is 3.69. The lowest BCUT2D eigenvalue weighted by Gasteiger charge is -2.09. The zero-order valence-electron chi connectivity index (χ0n) is 9.36. The smallest absolute Gasteiger partial charge is 0.130 e. The van der Waals surface area contributed by atoms with Crippen LogP contribution in [0.1, 0.15) is 24.0 Å². The van der Waals surface area contributed by atoms with Crippen LogP contribution in [0.15, 0.2) is 36.4 Å². The minimum atomic E-state index is -0.155. The molecule has 0 aliphatic heterocycles. The summed E-state index contributed by atoms with van der Waals surface area (Å²) in [7, 11) is 0. The zero-order valence-corrected chi connectivity index (χ0v) is 9.36. The minimum absolute atomic E-state index is 0.155. The van der Waals surface area contributed by atoms with Crippen molar-refractivity contribution in [2.45, 2.75) is 25.2 Å². The summed E-state index contributed by atoms with van der Waals surface area (Å²) < 4.78 is 0. The molecule has 0 aromatic heterocycles. The van der Waals surface area contributed by atoms with Crippen molar-refractivity contribution in [2.24, 2.45) is 0 Å². The molecule has 1 fully saturated rings. The van der Waals surface area contributed by atoms with Gasteiger partial charge in [-0.3, -0.25) is 0 Å². The van der Waals surface area contributed by atoms with Gasteiger partial charge in [0.2, 0.25) is 0 Å². The van der Waals surface area contributed by atoms with Crippen molar-refractivity contribution < 1.29 is 4.79 Å². The van der Waals surface area contributed by atoms with Gasteiger partial charge >= 0.3 is 0 Å². The van der Waals surface area contributed by atoms with Gasteiger partial charge < -0.3 is 4.79 Å². The molecule has 0 atom stereocenters. The van der Waals surface area contributed by atoms with E-state index < -0.39 is 0 Å². The largest absolute Gasteiger partial charge is 0.302 e. The van der Waals surface area contributed by atoms with Crippen molar-refractivity contribution in [1.29, 1.82) is 0 Å². The van der Waals surface area contributed by atoms with Crippen molar-refractivity contribution >= 4 is 17.1 Å². The fraction of sp³-hybridized carbons (Fsp3) is 0.267. The van der Waals surface area contributed by atoms with E-state index in [1.54, 1.807) is 0 Å². The van der Waals surface area contributed by atoms with Crippen molar-refractivity contribution in [3.8, 4) is 0 Å². The fourth-order valence-electron chi connectivity index (χ4n) is 2.36. The first-order chi connectivity index (χ1) is 7.75. The van der Waals surface area contributed by atoms with E-state index >= 15 is 0 Å². The number of rotatable bonds is 2. The number of hydrogen-bond acceptors (Lipinski definition) is 1. The number of carbonyl (C=O) groups excluding carboxylic acids is 1. The minimum Gasteiger partial charge on any atom is -0.302 e. The predicted octanol–water partition coefficient (Wildman–Crippen LogP) is 3.38. The van der Waals surface area contributed by atoms with E-state index in [1.165, 1.54) is 21.9 Å². The van der Waals surface area contributed by atoms with Gasteiger partial charge in [-0.15, -0.1) is 0 Å². The van der Waals surface area contributed by atoms with Crippen molar-refractivity contribution in [2.75, 3.05) is 0 Å². The molecule has 2 aromatic rings. The van der Waals surface area contributed by atoms with Gasteiger partial charge in [0.25, 0.3) is 0 Å². The van der Waals surface area contributed by atoms with Crippen LogP contribution in [0.3, 0.4) is 0 Å². The summed E-state index contributed by atoms with van der Waals surface area (Å²) in [6.45, 7) is 2.12. The number of hydrogen-bond donors (Lipinski definition) is 0. The van der Waals surface area contributed by atoms with E-state index in [0.29, 0.717) is 0 Å². The Bertz CT molecular complexity index is 565. The van der Waals surface area contributed by atoms with Crippen LogP contribution in [0, 0.1) is 6.92 Å². The summed E-state index contributed by atoms with van der Waals surface area (Å²) in [5, 5.41) is 2.53.